The van der Waals surface area contributed by atoms with Crippen molar-refractivity contribution in [1.82, 2.24) is 9.78 Å². The first-order valence-corrected chi connectivity index (χ1v) is 7.71. The second-order valence-corrected chi connectivity index (χ2v) is 5.93. The van der Waals surface area contributed by atoms with Crippen LogP contribution in [-0.4, -0.2) is 20.7 Å². The van der Waals surface area contributed by atoms with E-state index < -0.39 is 4.84 Å². The third-order valence-corrected chi connectivity index (χ3v) is 3.82. The zero-order valence-corrected chi connectivity index (χ0v) is 13.4. The third kappa shape index (κ3) is 2.96. The Kier molecular flexibility index (Phi) is 4.37. The molecule has 0 aliphatic carbocycles. The summed E-state index contributed by atoms with van der Waals surface area (Å²) in [6.45, 7) is 0. The van der Waals surface area contributed by atoms with Gasteiger partial charge in [-0.2, -0.15) is 5.10 Å². The van der Waals surface area contributed by atoms with E-state index in [2.05, 4.69) is 5.10 Å². The molecule has 3 aromatic rings. The van der Waals surface area contributed by atoms with Crippen molar-refractivity contribution in [3.63, 3.8) is 0 Å². The fourth-order valence-electron chi connectivity index (χ4n) is 2.33. The molecule has 1 heterocycles. The molecule has 6 heteroatoms. The Balaban J connectivity index is 2.13. The molecule has 4 nitrogen and oxygen atoms in total. The van der Waals surface area contributed by atoms with Crippen molar-refractivity contribution in [3.8, 4) is 11.4 Å². The SMILES string of the molecule is O=C(c1ccccc1O)c1cnn(-c2ccccc2)c1C(Cl)Cl. The number of aromatic nitrogens is 2. The first kappa shape index (κ1) is 15.6. The molecule has 2 aromatic carbocycles. The van der Waals surface area contributed by atoms with E-state index in [0.717, 1.165) is 5.69 Å². The van der Waals surface area contributed by atoms with E-state index in [-0.39, 0.29) is 22.7 Å². The number of halogens is 2. The summed E-state index contributed by atoms with van der Waals surface area (Å²) >= 11 is 12.1. The highest BCUT2D eigenvalue weighted by Gasteiger charge is 2.25. The molecule has 0 aliphatic heterocycles. The molecule has 0 bridgehead atoms. The Bertz CT molecular complexity index is 845. The zero-order chi connectivity index (χ0) is 16.4. The predicted molar refractivity (Wildman–Crippen MR) is 89.6 cm³/mol. The number of ketones is 1. The van der Waals surface area contributed by atoms with E-state index in [1.54, 1.807) is 18.2 Å². The fraction of sp³-hybridized carbons (Fsp3) is 0.0588. The summed E-state index contributed by atoms with van der Waals surface area (Å²) in [6, 6.07) is 15.6. The van der Waals surface area contributed by atoms with Crippen LogP contribution in [0.2, 0.25) is 0 Å². The van der Waals surface area contributed by atoms with Gasteiger partial charge in [0.15, 0.2) is 5.78 Å². The van der Waals surface area contributed by atoms with Crippen LogP contribution in [0, 0.1) is 0 Å². The summed E-state index contributed by atoms with van der Waals surface area (Å²) in [5.41, 5.74) is 1.54. The molecule has 3 rings (SSSR count). The normalized spacial score (nSPS) is 10.9. The Morgan fingerprint density at radius 3 is 2.30 bits per heavy atom. The molecular weight excluding hydrogens is 335 g/mol. The minimum atomic E-state index is -0.942. The van der Waals surface area contributed by atoms with E-state index in [4.69, 9.17) is 23.2 Å². The topological polar surface area (TPSA) is 55.1 Å². The zero-order valence-electron chi connectivity index (χ0n) is 11.9. The first-order chi connectivity index (χ1) is 11.1. The third-order valence-electron chi connectivity index (χ3n) is 3.41. The van der Waals surface area contributed by atoms with Crippen molar-refractivity contribution in [2.75, 3.05) is 0 Å². The van der Waals surface area contributed by atoms with E-state index in [1.165, 1.54) is 16.9 Å². The van der Waals surface area contributed by atoms with E-state index in [0.29, 0.717) is 5.69 Å². The van der Waals surface area contributed by atoms with Crippen molar-refractivity contribution in [2.45, 2.75) is 4.84 Å². The molecule has 0 fully saturated rings. The number of aromatic hydroxyl groups is 1. The Morgan fingerprint density at radius 2 is 1.65 bits per heavy atom. The van der Waals surface area contributed by atoms with Crippen LogP contribution in [0.1, 0.15) is 26.5 Å². The smallest absolute Gasteiger partial charge is 0.200 e. The Morgan fingerprint density at radius 1 is 1.00 bits per heavy atom. The molecular formula is C17H12Cl2N2O2. The molecule has 0 amide bonds. The monoisotopic (exact) mass is 346 g/mol. The predicted octanol–water partition coefficient (Wildman–Crippen LogP) is 4.29. The van der Waals surface area contributed by atoms with E-state index in [9.17, 15) is 9.90 Å². The number of phenolic OH excluding ortho intramolecular Hbond substituents is 1. The first-order valence-electron chi connectivity index (χ1n) is 6.83. The van der Waals surface area contributed by atoms with Crippen LogP contribution in [0.5, 0.6) is 5.75 Å². The molecule has 0 saturated carbocycles. The van der Waals surface area contributed by atoms with Gasteiger partial charge in [0.05, 0.1) is 28.7 Å². The lowest BCUT2D eigenvalue weighted by molar-refractivity contribution is 0.103. The maximum atomic E-state index is 12.7. The second-order valence-electron chi connectivity index (χ2n) is 4.84. The summed E-state index contributed by atoms with van der Waals surface area (Å²) < 4.78 is 1.53. The van der Waals surface area contributed by atoms with Gasteiger partial charge < -0.3 is 5.11 Å². The molecule has 0 radical (unpaired) electrons. The average molecular weight is 347 g/mol. The maximum Gasteiger partial charge on any atom is 0.200 e. The number of hydrogen-bond acceptors (Lipinski definition) is 3. The summed E-state index contributed by atoms with van der Waals surface area (Å²) in [5, 5.41) is 14.1. The largest absolute Gasteiger partial charge is 0.507 e. The minimum Gasteiger partial charge on any atom is -0.507 e. The lowest BCUT2D eigenvalue weighted by atomic mass is 10.0. The maximum absolute atomic E-state index is 12.7. The van der Waals surface area contributed by atoms with Gasteiger partial charge in [0.1, 0.15) is 10.6 Å². The van der Waals surface area contributed by atoms with Gasteiger partial charge in [-0.3, -0.25) is 4.79 Å². The number of phenols is 1. The van der Waals surface area contributed by atoms with Crippen molar-refractivity contribution >= 4 is 29.0 Å². The number of alkyl halides is 2. The minimum absolute atomic E-state index is 0.100. The quantitative estimate of drug-likeness (QED) is 0.566. The van der Waals surface area contributed by atoms with Gasteiger partial charge in [0, 0.05) is 0 Å². The lowest BCUT2D eigenvalue weighted by Crippen LogP contribution is -2.08. The van der Waals surface area contributed by atoms with Crippen LogP contribution in [0.25, 0.3) is 5.69 Å². The number of carbonyl (C=O) groups is 1. The van der Waals surface area contributed by atoms with Gasteiger partial charge in [-0.1, -0.05) is 53.5 Å². The summed E-state index contributed by atoms with van der Waals surface area (Å²) in [4.78, 5) is 11.8. The van der Waals surface area contributed by atoms with Crippen molar-refractivity contribution in [3.05, 3.63) is 77.6 Å². The molecule has 1 N–H and O–H groups in total. The molecule has 0 aliphatic rings. The van der Waals surface area contributed by atoms with Crippen molar-refractivity contribution < 1.29 is 9.90 Å². The average Bonchev–Trinajstić information content (AvgIpc) is 3.01. The Hall–Kier alpha value is -2.30. The van der Waals surface area contributed by atoms with Crippen molar-refractivity contribution in [2.24, 2.45) is 0 Å². The van der Waals surface area contributed by atoms with Crippen LogP contribution in [0.4, 0.5) is 0 Å². The number of hydrogen-bond donors (Lipinski definition) is 1. The number of para-hydroxylation sites is 2. The van der Waals surface area contributed by atoms with Gasteiger partial charge in [0.25, 0.3) is 0 Å². The standard InChI is InChI=1S/C17H12Cl2N2O2/c18-17(19)15-13(16(23)12-8-4-5-9-14(12)22)10-20-21(15)11-6-2-1-3-7-11/h1-10,17,22H. The second kappa shape index (κ2) is 6.44. The molecule has 23 heavy (non-hydrogen) atoms. The molecule has 0 unspecified atom stereocenters. The highest BCUT2D eigenvalue weighted by molar-refractivity contribution is 6.44. The highest BCUT2D eigenvalue weighted by Crippen LogP contribution is 2.32. The Labute approximate surface area is 142 Å². The van der Waals surface area contributed by atoms with Crippen LogP contribution >= 0.6 is 23.2 Å². The van der Waals surface area contributed by atoms with Gasteiger partial charge in [-0.15, -0.1) is 0 Å². The number of rotatable bonds is 4. The van der Waals surface area contributed by atoms with Crippen LogP contribution in [0.15, 0.2) is 60.8 Å². The van der Waals surface area contributed by atoms with Gasteiger partial charge in [-0.05, 0) is 24.3 Å². The van der Waals surface area contributed by atoms with Crippen LogP contribution < -0.4 is 0 Å². The summed E-state index contributed by atoms with van der Waals surface area (Å²) in [5.74, 6) is -0.483. The lowest BCUT2D eigenvalue weighted by Gasteiger charge is -2.10. The fourth-order valence-corrected chi connectivity index (χ4v) is 2.75. The summed E-state index contributed by atoms with van der Waals surface area (Å²) in [6.07, 6.45) is 1.41. The molecule has 116 valence electrons. The van der Waals surface area contributed by atoms with Crippen LogP contribution in [0.3, 0.4) is 0 Å². The van der Waals surface area contributed by atoms with Gasteiger partial charge in [0.2, 0.25) is 0 Å². The number of benzene rings is 2. The number of nitrogens with zero attached hydrogens (tertiary/aromatic N) is 2. The van der Waals surface area contributed by atoms with Gasteiger partial charge in [-0.25, -0.2) is 4.68 Å². The van der Waals surface area contributed by atoms with Gasteiger partial charge >= 0.3 is 0 Å². The highest BCUT2D eigenvalue weighted by atomic mass is 35.5. The number of carbonyl (C=O) groups excluding carboxylic acids is 1. The van der Waals surface area contributed by atoms with E-state index in [1.807, 2.05) is 30.3 Å². The molecule has 0 spiro atoms. The molecule has 1 aromatic heterocycles. The van der Waals surface area contributed by atoms with Crippen LogP contribution in [-0.2, 0) is 0 Å². The molecule has 0 saturated heterocycles. The summed E-state index contributed by atoms with van der Waals surface area (Å²) in [7, 11) is 0. The molecule has 0 atom stereocenters. The van der Waals surface area contributed by atoms with E-state index >= 15 is 0 Å². The van der Waals surface area contributed by atoms with Crippen molar-refractivity contribution in [1.29, 1.82) is 0 Å².